The molecule has 0 radical (unpaired) electrons. The van der Waals surface area contributed by atoms with Crippen LogP contribution in [0.25, 0.3) is 11.2 Å². The molecular formula is C63H80N4O10Si2. The third-order valence-corrected chi connectivity index (χ3v) is 25.1. The van der Waals surface area contributed by atoms with Crippen LogP contribution in [-0.2, 0) is 75.0 Å². The summed E-state index contributed by atoms with van der Waals surface area (Å²) in [6, 6.07) is 50.1. The van der Waals surface area contributed by atoms with Gasteiger partial charge in [0.05, 0.1) is 52.5 Å². The highest BCUT2D eigenvalue weighted by Crippen LogP contribution is 2.45. The molecule has 4 heterocycles. The third-order valence-electron chi connectivity index (χ3n) is 16.1. The van der Waals surface area contributed by atoms with Crippen molar-refractivity contribution in [2.45, 2.75) is 166 Å². The first-order valence-electron chi connectivity index (χ1n) is 27.7. The Morgan fingerprint density at radius 1 is 0.506 bits per heavy atom. The maximum absolute atomic E-state index is 14.4. The first-order chi connectivity index (χ1) is 37.8. The summed E-state index contributed by atoms with van der Waals surface area (Å²) in [6.45, 7) is 24.1. The van der Waals surface area contributed by atoms with Gasteiger partial charge in [-0.1, -0.05) is 193 Å². The molecule has 5 aromatic carbocycles. The van der Waals surface area contributed by atoms with Crippen LogP contribution >= 0.6 is 0 Å². The minimum atomic E-state index is -2.64. The number of aromatic nitrogens is 4. The molecule has 0 bridgehead atoms. The molecule has 420 valence electrons. The van der Waals surface area contributed by atoms with Gasteiger partial charge in [-0.05, 0) is 64.1 Å². The first kappa shape index (κ1) is 58.2. The lowest BCUT2D eigenvalue weighted by Crippen LogP contribution is -2.63. The quantitative estimate of drug-likeness (QED) is 0.0564. The van der Waals surface area contributed by atoms with E-state index in [9.17, 15) is 4.79 Å². The van der Waals surface area contributed by atoms with Crippen molar-refractivity contribution in [1.29, 1.82) is 0 Å². The number of benzene rings is 5. The number of hydrogen-bond donors (Lipinski definition) is 0. The van der Waals surface area contributed by atoms with E-state index >= 15 is 0 Å². The van der Waals surface area contributed by atoms with E-state index in [4.69, 9.17) is 52.0 Å². The molecule has 9 rings (SSSR count). The van der Waals surface area contributed by atoms with Crippen molar-refractivity contribution in [2.24, 2.45) is 0 Å². The average Bonchev–Trinajstić information content (AvgIpc) is 4.27. The highest BCUT2D eigenvalue weighted by Gasteiger charge is 2.57. The van der Waals surface area contributed by atoms with Crippen LogP contribution in [0, 0.1) is 0 Å². The van der Waals surface area contributed by atoms with Crippen LogP contribution in [0.2, 0.25) is 36.3 Å². The van der Waals surface area contributed by atoms with Crippen molar-refractivity contribution in [1.82, 2.24) is 19.1 Å². The number of nitrogens with zero attached hydrogens (tertiary/aromatic N) is 4. The Kier molecular flexibility index (Phi) is 18.8. The molecule has 2 saturated heterocycles. The molecule has 16 heteroatoms. The number of ether oxygens (including phenoxy) is 7. The van der Waals surface area contributed by atoms with Gasteiger partial charge in [-0.3, -0.25) is 13.9 Å². The van der Waals surface area contributed by atoms with Crippen LogP contribution in [0.15, 0.2) is 169 Å². The highest BCUT2D eigenvalue weighted by atomic mass is 28.4. The van der Waals surface area contributed by atoms with Crippen LogP contribution < -0.4 is 5.56 Å². The molecule has 2 aliphatic heterocycles. The van der Waals surface area contributed by atoms with E-state index in [0.29, 0.717) is 18.8 Å². The second-order valence-corrected chi connectivity index (χ2v) is 33.5. The zero-order valence-electron chi connectivity index (χ0n) is 47.6. The lowest BCUT2D eigenvalue weighted by molar-refractivity contribution is -0.342. The topological polar surface area (TPSA) is 136 Å². The van der Waals surface area contributed by atoms with Gasteiger partial charge in [0.25, 0.3) is 5.56 Å². The summed E-state index contributed by atoms with van der Waals surface area (Å²) < 4.78 is 68.4. The van der Waals surface area contributed by atoms with Gasteiger partial charge < -0.3 is 42.0 Å². The van der Waals surface area contributed by atoms with Gasteiger partial charge in [0.15, 0.2) is 40.3 Å². The standard InChI is InChI=1S/C63H80N4O10Si2/c1-62(2,3)78(7,8)73-42-51-54(77-79(9,10)63(4,5)6)56(60(74-51)67-44-64-52-58(67)65-43-66(59(52)68)36-45-26-16-11-17-27-45)76-61-57(72-40-49-34-24-15-25-35-49)55(71-39-48-32-22-14-23-33-48)53(70-38-47-30-20-13-21-31-47)50(75-61)41-69-37-46-28-18-12-19-29-46/h11-35,43-44,50-51,53-57,60-61H,36-42H2,1-10H3/t50-,51-,53-,54-,55+,56-,57-,60-,61-/m1/s1. The molecule has 2 fully saturated rings. The maximum Gasteiger partial charge on any atom is 0.281 e. The van der Waals surface area contributed by atoms with E-state index in [1.165, 1.54) is 0 Å². The van der Waals surface area contributed by atoms with Gasteiger partial charge in [-0.15, -0.1) is 0 Å². The summed E-state index contributed by atoms with van der Waals surface area (Å²) in [6.07, 6.45) is -4.24. The SMILES string of the molecule is CC(C)(C)[Si](C)(C)OC[C@H]1O[C@@H](n2cnc3c(=O)n(Cc4ccccc4)cnc32)[C@H](O[C@H]2O[C@H](COCc3ccccc3)[C@@H](OCc3ccccc3)[C@H](OCc3ccccc3)[C@H]2OCc2ccccc2)[C@@H]1O[Si](C)(C)C(C)(C)C. The maximum atomic E-state index is 14.4. The monoisotopic (exact) mass is 1110 g/mol. The molecule has 9 atom stereocenters. The fourth-order valence-electron chi connectivity index (χ4n) is 9.41. The normalized spacial score (nSPS) is 23.1. The van der Waals surface area contributed by atoms with Crippen LogP contribution in [0.5, 0.6) is 0 Å². The Bertz CT molecular complexity index is 3050. The van der Waals surface area contributed by atoms with Crippen molar-refractivity contribution in [3.63, 3.8) is 0 Å². The summed E-state index contributed by atoms with van der Waals surface area (Å²) >= 11 is 0. The molecule has 0 spiro atoms. The van der Waals surface area contributed by atoms with E-state index in [1.54, 1.807) is 21.8 Å². The second-order valence-electron chi connectivity index (χ2n) is 23.9. The van der Waals surface area contributed by atoms with Gasteiger partial charge in [0.1, 0.15) is 49.1 Å². The minimum absolute atomic E-state index is 0.0917. The first-order valence-corrected chi connectivity index (χ1v) is 33.5. The zero-order chi connectivity index (χ0) is 55.8. The Morgan fingerprint density at radius 3 is 1.49 bits per heavy atom. The summed E-state index contributed by atoms with van der Waals surface area (Å²) in [5.74, 6) is 0. The summed E-state index contributed by atoms with van der Waals surface area (Å²) in [4.78, 5) is 24.1. The number of fused-ring (bicyclic) bond motifs is 1. The number of hydrogen-bond acceptors (Lipinski definition) is 12. The average molecular weight is 1110 g/mol. The summed E-state index contributed by atoms with van der Waals surface area (Å²) in [5, 5.41) is -0.303. The molecule has 2 aliphatic rings. The zero-order valence-corrected chi connectivity index (χ0v) is 49.6. The van der Waals surface area contributed by atoms with E-state index in [2.05, 4.69) is 67.7 Å². The van der Waals surface area contributed by atoms with Crippen molar-refractivity contribution >= 4 is 27.8 Å². The van der Waals surface area contributed by atoms with Crippen molar-refractivity contribution < 1.29 is 42.0 Å². The smallest absolute Gasteiger partial charge is 0.281 e. The Morgan fingerprint density at radius 2 is 0.975 bits per heavy atom. The van der Waals surface area contributed by atoms with Gasteiger partial charge >= 0.3 is 0 Å². The fraction of sp³-hybridized carbons (Fsp3) is 0.444. The molecule has 14 nitrogen and oxygen atoms in total. The lowest BCUT2D eigenvalue weighted by Gasteiger charge is -2.47. The predicted octanol–water partition coefficient (Wildman–Crippen LogP) is 12.0. The molecule has 0 aliphatic carbocycles. The molecule has 0 amide bonds. The predicted molar refractivity (Wildman–Crippen MR) is 311 cm³/mol. The van der Waals surface area contributed by atoms with Gasteiger partial charge in [0.2, 0.25) is 0 Å². The minimum Gasteiger partial charge on any atom is -0.414 e. The summed E-state index contributed by atoms with van der Waals surface area (Å²) in [7, 11) is -5.00. The van der Waals surface area contributed by atoms with Gasteiger partial charge in [-0.2, -0.15) is 0 Å². The second kappa shape index (κ2) is 25.5. The van der Waals surface area contributed by atoms with E-state index < -0.39 is 71.9 Å². The Labute approximate surface area is 468 Å². The fourth-order valence-corrected chi connectivity index (χ4v) is 11.7. The molecular weight excluding hydrogens is 1030 g/mol. The van der Waals surface area contributed by atoms with Crippen LogP contribution in [0.4, 0.5) is 0 Å². The Balaban J connectivity index is 1.17. The van der Waals surface area contributed by atoms with Crippen LogP contribution in [0.3, 0.4) is 0 Å². The number of rotatable bonds is 23. The van der Waals surface area contributed by atoms with Crippen LogP contribution in [0.1, 0.15) is 75.6 Å². The van der Waals surface area contributed by atoms with Crippen molar-refractivity contribution in [3.8, 4) is 0 Å². The van der Waals surface area contributed by atoms with Gasteiger partial charge in [-0.25, -0.2) is 9.97 Å². The molecule has 0 N–H and O–H groups in total. The van der Waals surface area contributed by atoms with E-state index in [-0.39, 0.29) is 54.2 Å². The van der Waals surface area contributed by atoms with Crippen molar-refractivity contribution in [2.75, 3.05) is 13.2 Å². The van der Waals surface area contributed by atoms with E-state index in [0.717, 1.165) is 27.8 Å². The third kappa shape index (κ3) is 14.4. The molecule has 79 heavy (non-hydrogen) atoms. The Hall–Kier alpha value is -5.48. The largest absolute Gasteiger partial charge is 0.414 e. The van der Waals surface area contributed by atoms with Crippen LogP contribution in [-0.4, -0.2) is 98.0 Å². The lowest BCUT2D eigenvalue weighted by atomic mass is 9.97. The van der Waals surface area contributed by atoms with Crippen molar-refractivity contribution in [3.05, 3.63) is 202 Å². The molecule has 0 saturated carbocycles. The van der Waals surface area contributed by atoms with Gasteiger partial charge in [0, 0.05) is 0 Å². The molecule has 7 aromatic rings. The van der Waals surface area contributed by atoms with E-state index in [1.807, 2.05) is 152 Å². The molecule has 0 unspecified atom stereocenters. The molecule has 2 aromatic heterocycles. The number of imidazole rings is 1. The highest BCUT2D eigenvalue weighted by molar-refractivity contribution is 6.74. The summed E-state index contributed by atoms with van der Waals surface area (Å²) in [5.41, 5.74) is 5.17.